The van der Waals surface area contributed by atoms with Crippen molar-refractivity contribution in [3.63, 3.8) is 0 Å². The van der Waals surface area contributed by atoms with Gasteiger partial charge in [0.2, 0.25) is 6.54 Å². The Morgan fingerprint density at radius 2 is 1.29 bits per heavy atom. The van der Waals surface area contributed by atoms with E-state index < -0.39 is 0 Å². The maximum atomic E-state index is 10.1. The summed E-state index contributed by atoms with van der Waals surface area (Å²) in [6, 6.07) is 0. The van der Waals surface area contributed by atoms with Gasteiger partial charge < -0.3 is 0 Å². The van der Waals surface area contributed by atoms with Crippen LogP contribution < -0.4 is 0 Å². The third kappa shape index (κ3) is 18.6. The van der Waals surface area contributed by atoms with Gasteiger partial charge in [0.15, 0.2) is 0 Å². The molecule has 0 saturated heterocycles. The van der Waals surface area contributed by atoms with E-state index in [1.54, 1.807) is 0 Å². The molecule has 0 aromatic carbocycles. The summed E-state index contributed by atoms with van der Waals surface area (Å²) in [5, 5.41) is 10.1. The highest BCUT2D eigenvalue weighted by atomic mass is 16.6. The average molecular weight is 293 g/mol. The standard InChI is InChI=1S/C18H31NO2/c1-2-3-4-5-6-7-8-9-10-11-12-13-14-15-16-17-18-19(20)21/h6-7,9-10,12-13H,2-5,8,11,14-18H2,1H3/b7-6-,10-9-,13-12-. The fourth-order valence-electron chi connectivity index (χ4n) is 1.97. The van der Waals surface area contributed by atoms with Crippen LogP contribution in [0.2, 0.25) is 0 Å². The third-order valence-electron chi connectivity index (χ3n) is 3.23. The SMILES string of the molecule is CCCCC/C=C\C/C=C\C/C=C\CCCCC[N+](=O)[O-]. The van der Waals surface area contributed by atoms with E-state index in [2.05, 4.69) is 43.4 Å². The van der Waals surface area contributed by atoms with Crippen molar-refractivity contribution in [2.75, 3.05) is 6.54 Å². The van der Waals surface area contributed by atoms with E-state index in [0.29, 0.717) is 6.42 Å². The molecule has 0 radical (unpaired) electrons. The lowest BCUT2D eigenvalue weighted by Gasteiger charge is -1.93. The summed E-state index contributed by atoms with van der Waals surface area (Å²) in [7, 11) is 0. The smallest absolute Gasteiger partial charge is 0.203 e. The monoisotopic (exact) mass is 293 g/mol. The van der Waals surface area contributed by atoms with Crippen LogP contribution in [-0.4, -0.2) is 11.5 Å². The zero-order chi connectivity index (χ0) is 15.6. The van der Waals surface area contributed by atoms with Crippen molar-refractivity contribution in [2.24, 2.45) is 0 Å². The Morgan fingerprint density at radius 3 is 1.81 bits per heavy atom. The molecule has 0 aromatic rings. The first-order chi connectivity index (χ1) is 10.3. The number of hydrogen-bond donors (Lipinski definition) is 0. The first-order valence-electron chi connectivity index (χ1n) is 8.34. The summed E-state index contributed by atoms with van der Waals surface area (Å²) in [4.78, 5) is 9.89. The number of allylic oxidation sites excluding steroid dienone is 6. The molecule has 120 valence electrons. The molecular weight excluding hydrogens is 262 g/mol. The molecule has 0 spiro atoms. The van der Waals surface area contributed by atoms with Crippen LogP contribution in [-0.2, 0) is 0 Å². The number of hydrogen-bond acceptors (Lipinski definition) is 2. The number of unbranched alkanes of at least 4 members (excludes halogenated alkanes) is 6. The minimum absolute atomic E-state index is 0.110. The highest BCUT2D eigenvalue weighted by Gasteiger charge is 1.94. The Balaban J connectivity index is 3.30. The zero-order valence-electron chi connectivity index (χ0n) is 13.5. The molecule has 0 aliphatic rings. The van der Waals surface area contributed by atoms with Crippen molar-refractivity contribution in [1.29, 1.82) is 0 Å². The number of rotatable bonds is 14. The molecule has 0 fully saturated rings. The fraction of sp³-hybridized carbons (Fsp3) is 0.667. The average Bonchev–Trinajstić information content (AvgIpc) is 2.46. The predicted molar refractivity (Wildman–Crippen MR) is 91.1 cm³/mol. The van der Waals surface area contributed by atoms with E-state index in [4.69, 9.17) is 0 Å². The molecule has 0 saturated carbocycles. The summed E-state index contributed by atoms with van der Waals surface area (Å²) in [6.07, 6.45) is 24.1. The maximum Gasteiger partial charge on any atom is 0.203 e. The zero-order valence-corrected chi connectivity index (χ0v) is 13.5. The van der Waals surface area contributed by atoms with Gasteiger partial charge in [-0.1, -0.05) is 56.2 Å². The van der Waals surface area contributed by atoms with E-state index in [9.17, 15) is 10.1 Å². The first-order valence-corrected chi connectivity index (χ1v) is 8.34. The van der Waals surface area contributed by atoms with Crippen molar-refractivity contribution >= 4 is 0 Å². The van der Waals surface area contributed by atoms with E-state index in [-0.39, 0.29) is 11.5 Å². The molecule has 0 aromatic heterocycles. The van der Waals surface area contributed by atoms with Crippen LogP contribution in [0.3, 0.4) is 0 Å². The van der Waals surface area contributed by atoms with Crippen LogP contribution in [0.4, 0.5) is 0 Å². The Kier molecular flexibility index (Phi) is 15.6. The molecule has 0 amide bonds. The van der Waals surface area contributed by atoms with Crippen LogP contribution >= 0.6 is 0 Å². The Bertz CT molecular complexity index is 319. The molecule has 3 heteroatoms. The fourth-order valence-corrected chi connectivity index (χ4v) is 1.97. The maximum absolute atomic E-state index is 10.1. The Labute approximate surface area is 130 Å². The van der Waals surface area contributed by atoms with Crippen molar-refractivity contribution < 1.29 is 4.92 Å². The molecule has 0 heterocycles. The predicted octanol–water partition coefficient (Wildman–Crippen LogP) is 5.85. The molecular formula is C18H31NO2. The third-order valence-corrected chi connectivity index (χ3v) is 3.23. The summed E-state index contributed by atoms with van der Waals surface area (Å²) in [6.45, 7) is 2.34. The minimum Gasteiger partial charge on any atom is -0.265 e. The number of nitrogens with zero attached hydrogens (tertiary/aromatic N) is 1. The molecule has 0 rings (SSSR count). The molecule has 0 aliphatic heterocycles. The lowest BCUT2D eigenvalue weighted by atomic mass is 10.2. The van der Waals surface area contributed by atoms with Gasteiger partial charge >= 0.3 is 0 Å². The highest BCUT2D eigenvalue weighted by Crippen LogP contribution is 2.02. The van der Waals surface area contributed by atoms with E-state index in [0.717, 1.165) is 32.1 Å². The van der Waals surface area contributed by atoms with Gasteiger partial charge in [-0.2, -0.15) is 0 Å². The van der Waals surface area contributed by atoms with Crippen LogP contribution in [0.5, 0.6) is 0 Å². The van der Waals surface area contributed by atoms with Crippen LogP contribution in [0.25, 0.3) is 0 Å². The Morgan fingerprint density at radius 1 is 0.762 bits per heavy atom. The van der Waals surface area contributed by atoms with E-state index in [1.165, 1.54) is 25.7 Å². The molecule has 0 aliphatic carbocycles. The van der Waals surface area contributed by atoms with E-state index >= 15 is 0 Å². The topological polar surface area (TPSA) is 43.1 Å². The molecule has 3 nitrogen and oxygen atoms in total. The van der Waals surface area contributed by atoms with Gasteiger partial charge in [-0.15, -0.1) is 0 Å². The van der Waals surface area contributed by atoms with Gasteiger partial charge in [-0.3, -0.25) is 10.1 Å². The molecule has 0 unspecified atom stereocenters. The lowest BCUT2D eigenvalue weighted by molar-refractivity contribution is -0.480. The van der Waals surface area contributed by atoms with Crippen LogP contribution in [0, 0.1) is 10.1 Å². The lowest BCUT2D eigenvalue weighted by Crippen LogP contribution is -1.99. The van der Waals surface area contributed by atoms with Crippen molar-refractivity contribution in [3.8, 4) is 0 Å². The molecule has 0 N–H and O–H groups in total. The number of nitro groups is 1. The summed E-state index contributed by atoms with van der Waals surface area (Å²) >= 11 is 0. The van der Waals surface area contributed by atoms with Crippen LogP contribution in [0.15, 0.2) is 36.5 Å². The van der Waals surface area contributed by atoms with Gasteiger partial charge in [0.05, 0.1) is 0 Å². The second-order valence-corrected chi connectivity index (χ2v) is 5.29. The highest BCUT2D eigenvalue weighted by molar-refractivity contribution is 4.97. The summed E-state index contributed by atoms with van der Waals surface area (Å²) in [5.41, 5.74) is 0. The van der Waals surface area contributed by atoms with Gasteiger partial charge in [0.1, 0.15) is 0 Å². The molecule has 0 bridgehead atoms. The van der Waals surface area contributed by atoms with Gasteiger partial charge in [-0.05, 0) is 44.9 Å². The van der Waals surface area contributed by atoms with Crippen molar-refractivity contribution in [3.05, 3.63) is 46.6 Å². The Hall–Kier alpha value is -1.38. The van der Waals surface area contributed by atoms with Crippen LogP contribution in [0.1, 0.15) is 71.1 Å². The largest absolute Gasteiger partial charge is 0.265 e. The van der Waals surface area contributed by atoms with Crippen molar-refractivity contribution in [1.82, 2.24) is 0 Å². The summed E-state index contributed by atoms with van der Waals surface area (Å²) < 4.78 is 0. The second kappa shape index (κ2) is 16.7. The quantitative estimate of drug-likeness (QED) is 0.174. The van der Waals surface area contributed by atoms with Crippen molar-refractivity contribution in [2.45, 2.75) is 71.1 Å². The second-order valence-electron chi connectivity index (χ2n) is 5.29. The molecule has 0 atom stereocenters. The normalized spacial score (nSPS) is 12.0. The van der Waals surface area contributed by atoms with E-state index in [1.807, 2.05) is 0 Å². The minimum atomic E-state index is -0.237. The van der Waals surface area contributed by atoms with Gasteiger partial charge in [0, 0.05) is 11.3 Å². The molecule has 21 heavy (non-hydrogen) atoms. The van der Waals surface area contributed by atoms with Gasteiger partial charge in [0.25, 0.3) is 0 Å². The van der Waals surface area contributed by atoms with Gasteiger partial charge in [-0.25, -0.2) is 0 Å². The first kappa shape index (κ1) is 19.6. The summed E-state index contributed by atoms with van der Waals surface area (Å²) in [5.74, 6) is 0.